The van der Waals surface area contributed by atoms with Gasteiger partial charge in [0.15, 0.2) is 0 Å². The summed E-state index contributed by atoms with van der Waals surface area (Å²) in [5, 5.41) is 3.90. The maximum absolute atomic E-state index is 13.6. The summed E-state index contributed by atoms with van der Waals surface area (Å²) in [6.07, 6.45) is 10.3. The SMILES string of the molecule is C[C@]12C[C@@H]3N[C@H]1CCC[C@H]2N(C(=O)c1cnccn1)[C@H]3Cc1ccccc1. The summed E-state index contributed by atoms with van der Waals surface area (Å²) in [5.41, 5.74) is 1.91. The third-order valence-corrected chi connectivity index (χ3v) is 7.06. The van der Waals surface area contributed by atoms with Gasteiger partial charge in [-0.25, -0.2) is 4.98 Å². The second-order valence-electron chi connectivity index (χ2n) is 8.54. The zero-order valence-electron chi connectivity index (χ0n) is 15.7. The van der Waals surface area contributed by atoms with Gasteiger partial charge in [0.1, 0.15) is 5.69 Å². The standard InChI is InChI=1S/C22H26N4O/c1-22-13-16-18(12-15-6-3-2-4-7-15)26(20(22)9-5-8-19(22)25-16)21(27)17-14-23-10-11-24-17/h2-4,6-7,10-11,14,16,18-20,25H,5,8-9,12-13H2,1H3/t16-,18-,19-,20+,22-/m0/s1. The van der Waals surface area contributed by atoms with Crippen molar-refractivity contribution in [1.29, 1.82) is 0 Å². The minimum atomic E-state index is 0.0364. The van der Waals surface area contributed by atoms with E-state index in [0.717, 1.165) is 19.3 Å². The topological polar surface area (TPSA) is 58.1 Å². The second kappa shape index (κ2) is 6.41. The minimum Gasteiger partial charge on any atom is -0.329 e. The molecule has 1 amide bonds. The van der Waals surface area contributed by atoms with Crippen LogP contribution in [0.4, 0.5) is 0 Å². The van der Waals surface area contributed by atoms with Crippen LogP contribution in [0.3, 0.4) is 0 Å². The van der Waals surface area contributed by atoms with E-state index in [1.165, 1.54) is 18.4 Å². The number of piperidine rings is 1. The lowest BCUT2D eigenvalue weighted by atomic mass is 9.64. The average Bonchev–Trinajstić information content (AvgIpc) is 3.05. The van der Waals surface area contributed by atoms with Gasteiger partial charge < -0.3 is 10.2 Å². The summed E-state index contributed by atoms with van der Waals surface area (Å²) < 4.78 is 0. The molecule has 5 atom stereocenters. The second-order valence-corrected chi connectivity index (χ2v) is 8.54. The molecule has 5 heteroatoms. The summed E-state index contributed by atoms with van der Waals surface area (Å²) in [7, 11) is 0. The van der Waals surface area contributed by atoms with Crippen LogP contribution in [0.15, 0.2) is 48.9 Å². The van der Waals surface area contributed by atoms with E-state index in [-0.39, 0.29) is 23.4 Å². The number of nitrogens with zero attached hydrogens (tertiary/aromatic N) is 3. The Morgan fingerprint density at radius 3 is 2.89 bits per heavy atom. The molecule has 0 unspecified atom stereocenters. The van der Waals surface area contributed by atoms with Crippen molar-refractivity contribution in [1.82, 2.24) is 20.2 Å². The lowest BCUT2D eigenvalue weighted by molar-refractivity contribution is -0.0115. The van der Waals surface area contributed by atoms with Crippen molar-refractivity contribution in [3.63, 3.8) is 0 Å². The predicted molar refractivity (Wildman–Crippen MR) is 103 cm³/mol. The molecular weight excluding hydrogens is 336 g/mol. The summed E-state index contributed by atoms with van der Waals surface area (Å²) in [6, 6.07) is 11.8. The lowest BCUT2D eigenvalue weighted by Gasteiger charge is -2.53. The Bertz CT molecular complexity index is 827. The number of hydrogen-bond acceptors (Lipinski definition) is 4. The van der Waals surface area contributed by atoms with Crippen LogP contribution < -0.4 is 5.32 Å². The van der Waals surface area contributed by atoms with Crippen molar-refractivity contribution in [2.75, 3.05) is 0 Å². The predicted octanol–water partition coefficient (Wildman–Crippen LogP) is 2.83. The van der Waals surface area contributed by atoms with Crippen molar-refractivity contribution < 1.29 is 4.79 Å². The number of hydrogen-bond donors (Lipinski definition) is 1. The summed E-state index contributed by atoms with van der Waals surface area (Å²) >= 11 is 0. The van der Waals surface area contributed by atoms with Crippen LogP contribution in [0, 0.1) is 5.41 Å². The van der Waals surface area contributed by atoms with Gasteiger partial charge in [0.25, 0.3) is 5.91 Å². The maximum Gasteiger partial charge on any atom is 0.274 e. The lowest BCUT2D eigenvalue weighted by Crippen LogP contribution is -2.62. The first-order valence-corrected chi connectivity index (χ1v) is 10.1. The molecule has 140 valence electrons. The van der Waals surface area contributed by atoms with Crippen molar-refractivity contribution >= 4 is 5.91 Å². The highest BCUT2D eigenvalue weighted by molar-refractivity contribution is 5.92. The van der Waals surface area contributed by atoms with Crippen LogP contribution in [0.25, 0.3) is 0 Å². The van der Waals surface area contributed by atoms with Gasteiger partial charge in [-0.2, -0.15) is 0 Å². The van der Waals surface area contributed by atoms with Gasteiger partial charge in [-0.15, -0.1) is 0 Å². The molecule has 1 aromatic carbocycles. The first-order chi connectivity index (χ1) is 13.2. The highest BCUT2D eigenvalue weighted by Crippen LogP contribution is 2.52. The molecule has 0 radical (unpaired) electrons. The van der Waals surface area contributed by atoms with Gasteiger partial charge in [0, 0.05) is 35.9 Å². The van der Waals surface area contributed by atoms with E-state index in [4.69, 9.17) is 0 Å². The molecule has 3 fully saturated rings. The largest absolute Gasteiger partial charge is 0.329 e. The smallest absolute Gasteiger partial charge is 0.274 e. The third kappa shape index (κ3) is 2.67. The van der Waals surface area contributed by atoms with E-state index in [9.17, 15) is 4.79 Å². The molecule has 27 heavy (non-hydrogen) atoms. The zero-order valence-corrected chi connectivity index (χ0v) is 15.7. The van der Waals surface area contributed by atoms with Gasteiger partial charge in [-0.3, -0.25) is 9.78 Å². The number of benzene rings is 1. The normalized spacial score (nSPS) is 34.5. The van der Waals surface area contributed by atoms with E-state index in [2.05, 4.69) is 51.4 Å². The Hall–Kier alpha value is -2.27. The first-order valence-electron chi connectivity index (χ1n) is 10.1. The van der Waals surface area contributed by atoms with Crippen LogP contribution in [-0.4, -0.2) is 44.9 Å². The number of rotatable bonds is 3. The van der Waals surface area contributed by atoms with Crippen LogP contribution in [-0.2, 0) is 6.42 Å². The molecule has 2 aromatic rings. The fourth-order valence-electron chi connectivity index (χ4n) is 5.81. The van der Waals surface area contributed by atoms with Crippen molar-refractivity contribution in [2.45, 2.75) is 63.2 Å². The van der Waals surface area contributed by atoms with Crippen LogP contribution in [0.1, 0.15) is 48.7 Å². The fourth-order valence-corrected chi connectivity index (χ4v) is 5.81. The van der Waals surface area contributed by atoms with E-state index in [1.54, 1.807) is 18.6 Å². The Morgan fingerprint density at radius 1 is 1.26 bits per heavy atom. The van der Waals surface area contributed by atoms with Gasteiger partial charge in [-0.1, -0.05) is 37.3 Å². The zero-order chi connectivity index (χ0) is 18.4. The average molecular weight is 362 g/mol. The van der Waals surface area contributed by atoms with E-state index >= 15 is 0 Å². The molecule has 5 nitrogen and oxygen atoms in total. The number of nitrogens with one attached hydrogen (secondary N) is 1. The number of fused-ring (bicyclic) bond motifs is 1. The summed E-state index contributed by atoms with van der Waals surface area (Å²) in [5.74, 6) is 0.0364. The van der Waals surface area contributed by atoms with Crippen LogP contribution in [0.2, 0.25) is 0 Å². The van der Waals surface area contributed by atoms with E-state index in [1.807, 2.05) is 6.07 Å². The monoisotopic (exact) mass is 362 g/mol. The number of aromatic nitrogens is 2. The molecule has 2 aliphatic heterocycles. The van der Waals surface area contributed by atoms with Crippen LogP contribution >= 0.6 is 0 Å². The van der Waals surface area contributed by atoms with Gasteiger partial charge >= 0.3 is 0 Å². The number of carbonyl (C=O) groups is 1. The Morgan fingerprint density at radius 2 is 2.11 bits per heavy atom. The number of likely N-dealkylation sites (tertiary alicyclic amines) is 1. The molecule has 1 aliphatic carbocycles. The maximum atomic E-state index is 13.6. The Balaban J connectivity index is 1.55. The first kappa shape index (κ1) is 16.9. The molecule has 5 rings (SSSR count). The van der Waals surface area contributed by atoms with Gasteiger partial charge in [-0.05, 0) is 37.7 Å². The quantitative estimate of drug-likeness (QED) is 0.912. The van der Waals surface area contributed by atoms with Crippen molar-refractivity contribution in [3.8, 4) is 0 Å². The van der Waals surface area contributed by atoms with E-state index in [0.29, 0.717) is 17.8 Å². The fraction of sp³-hybridized carbons (Fsp3) is 0.500. The molecule has 0 spiro atoms. The molecule has 1 aromatic heterocycles. The van der Waals surface area contributed by atoms with Crippen molar-refractivity contribution in [3.05, 3.63) is 60.2 Å². The highest BCUT2D eigenvalue weighted by atomic mass is 16.2. The highest BCUT2D eigenvalue weighted by Gasteiger charge is 2.60. The van der Waals surface area contributed by atoms with Crippen LogP contribution in [0.5, 0.6) is 0 Å². The summed E-state index contributed by atoms with van der Waals surface area (Å²) in [6.45, 7) is 2.38. The molecule has 2 saturated heterocycles. The molecule has 3 aliphatic rings. The minimum absolute atomic E-state index is 0.0364. The molecule has 3 heterocycles. The van der Waals surface area contributed by atoms with Gasteiger partial charge in [0.05, 0.1) is 12.2 Å². The Labute approximate surface area is 160 Å². The van der Waals surface area contributed by atoms with Crippen molar-refractivity contribution in [2.24, 2.45) is 5.41 Å². The number of amides is 1. The third-order valence-electron chi connectivity index (χ3n) is 7.06. The molecular formula is C22H26N4O. The molecule has 2 bridgehead atoms. The molecule has 1 saturated carbocycles. The molecule has 1 N–H and O–H groups in total. The van der Waals surface area contributed by atoms with E-state index < -0.39 is 0 Å². The van der Waals surface area contributed by atoms with Gasteiger partial charge in [0.2, 0.25) is 0 Å². The number of carbonyl (C=O) groups excluding carboxylic acids is 1. The summed E-state index contributed by atoms with van der Waals surface area (Å²) in [4.78, 5) is 24.2. The Kier molecular flexibility index (Phi) is 4.01.